The Morgan fingerprint density at radius 2 is 1.71 bits per heavy atom. The van der Waals surface area contributed by atoms with E-state index in [2.05, 4.69) is 13.8 Å². The van der Waals surface area contributed by atoms with Crippen molar-refractivity contribution in [3.05, 3.63) is 70.3 Å². The maximum absolute atomic E-state index is 13.6. The molecule has 164 valence electrons. The predicted molar refractivity (Wildman–Crippen MR) is 126 cm³/mol. The van der Waals surface area contributed by atoms with Gasteiger partial charge in [-0.15, -0.1) is 0 Å². The molecule has 0 fully saturated rings. The molecular weight excluding hydrogens is 386 g/mol. The molecule has 0 saturated carbocycles. The van der Waals surface area contributed by atoms with Gasteiger partial charge in [0.2, 0.25) is 5.91 Å². The van der Waals surface area contributed by atoms with Gasteiger partial charge in [-0.3, -0.25) is 14.2 Å². The highest BCUT2D eigenvalue weighted by Crippen LogP contribution is 2.25. The van der Waals surface area contributed by atoms with Crippen LogP contribution in [0.25, 0.3) is 16.6 Å². The van der Waals surface area contributed by atoms with Gasteiger partial charge in [0.15, 0.2) is 0 Å². The van der Waals surface area contributed by atoms with Gasteiger partial charge in [0.05, 0.1) is 22.6 Å². The minimum Gasteiger partial charge on any atom is -0.333 e. The lowest BCUT2D eigenvalue weighted by Gasteiger charge is -2.32. The molecule has 0 aliphatic rings. The number of hydrogen-bond donors (Lipinski definition) is 0. The number of carbonyl (C=O) groups excluding carboxylic acids is 1. The second-order valence-electron chi connectivity index (χ2n) is 9.18. The third kappa shape index (κ3) is 5.04. The summed E-state index contributed by atoms with van der Waals surface area (Å²) >= 11 is 0. The van der Waals surface area contributed by atoms with Crippen molar-refractivity contribution in [1.29, 1.82) is 0 Å². The predicted octanol–water partition coefficient (Wildman–Crippen LogP) is 5.29. The first-order valence-electron chi connectivity index (χ1n) is 11.1. The summed E-state index contributed by atoms with van der Waals surface area (Å²) in [5.41, 5.74) is 2.37. The second kappa shape index (κ2) is 9.46. The molecule has 2 aromatic carbocycles. The summed E-state index contributed by atoms with van der Waals surface area (Å²) in [6.07, 6.45) is 0.472. The molecule has 0 N–H and O–H groups in total. The molecule has 0 bridgehead atoms. The Kier molecular flexibility index (Phi) is 6.94. The highest BCUT2D eigenvalue weighted by molar-refractivity contribution is 5.79. The number of para-hydroxylation sites is 1. The van der Waals surface area contributed by atoms with Gasteiger partial charge in [0.1, 0.15) is 5.82 Å². The lowest BCUT2D eigenvalue weighted by atomic mass is 10.1. The van der Waals surface area contributed by atoms with Crippen LogP contribution < -0.4 is 5.56 Å². The number of aromatic nitrogens is 2. The maximum atomic E-state index is 13.6. The second-order valence-corrected chi connectivity index (χ2v) is 9.18. The third-order valence-corrected chi connectivity index (χ3v) is 5.37. The lowest BCUT2D eigenvalue weighted by molar-refractivity contribution is -0.135. The van der Waals surface area contributed by atoms with Crippen LogP contribution in [0.2, 0.25) is 0 Å². The zero-order chi connectivity index (χ0) is 22.7. The number of fused-ring (bicyclic) bond motifs is 1. The molecule has 5 nitrogen and oxygen atoms in total. The van der Waals surface area contributed by atoms with Gasteiger partial charge in [-0.1, -0.05) is 52.0 Å². The van der Waals surface area contributed by atoms with E-state index < -0.39 is 0 Å². The van der Waals surface area contributed by atoms with Crippen LogP contribution in [0.3, 0.4) is 0 Å². The fourth-order valence-corrected chi connectivity index (χ4v) is 3.92. The minimum absolute atomic E-state index is 0.0920. The van der Waals surface area contributed by atoms with Gasteiger partial charge in [-0.05, 0) is 55.5 Å². The molecular formula is C26H33N3O2. The normalized spacial score (nSPS) is 12.5. The van der Waals surface area contributed by atoms with Crippen molar-refractivity contribution >= 4 is 16.8 Å². The highest BCUT2D eigenvalue weighted by Gasteiger charge is 2.27. The summed E-state index contributed by atoms with van der Waals surface area (Å²) in [6.45, 7) is 12.9. The van der Waals surface area contributed by atoms with Crippen molar-refractivity contribution in [3.63, 3.8) is 0 Å². The van der Waals surface area contributed by atoms with E-state index in [0.717, 1.165) is 11.3 Å². The fraction of sp³-hybridized carbons (Fsp3) is 0.423. The first-order chi connectivity index (χ1) is 14.7. The molecule has 3 rings (SSSR count). The molecule has 31 heavy (non-hydrogen) atoms. The number of benzene rings is 2. The number of nitrogens with zero attached hydrogens (tertiary/aromatic N) is 3. The van der Waals surface area contributed by atoms with E-state index in [0.29, 0.717) is 35.6 Å². The van der Waals surface area contributed by atoms with Crippen LogP contribution in [0.15, 0.2) is 53.3 Å². The van der Waals surface area contributed by atoms with E-state index in [9.17, 15) is 9.59 Å². The largest absolute Gasteiger partial charge is 0.333 e. The van der Waals surface area contributed by atoms with Crippen molar-refractivity contribution in [2.45, 2.75) is 54.0 Å². The van der Waals surface area contributed by atoms with E-state index in [1.807, 2.05) is 75.1 Å². The minimum atomic E-state index is -0.341. The molecule has 0 unspecified atom stereocenters. The summed E-state index contributed by atoms with van der Waals surface area (Å²) in [5, 5.41) is 0.573. The van der Waals surface area contributed by atoms with Crippen LogP contribution in [-0.4, -0.2) is 26.9 Å². The lowest BCUT2D eigenvalue weighted by Crippen LogP contribution is -2.40. The standard InChI is InChI=1S/C26H33N3O2/c1-17(2)14-24(30)28(16-18(3)4)20(6)25-27-23-13-8-7-12-22(23)26(31)29(25)21-11-9-10-19(5)15-21/h7-13,15,17-18,20H,14,16H2,1-6H3/t20-/m0/s1. The van der Waals surface area contributed by atoms with Crippen molar-refractivity contribution in [2.75, 3.05) is 6.54 Å². The van der Waals surface area contributed by atoms with Gasteiger partial charge in [-0.25, -0.2) is 4.98 Å². The van der Waals surface area contributed by atoms with Crippen molar-refractivity contribution in [2.24, 2.45) is 11.8 Å². The van der Waals surface area contributed by atoms with Crippen LogP contribution in [0.4, 0.5) is 0 Å². The molecule has 1 atom stereocenters. The molecule has 0 saturated heterocycles. The van der Waals surface area contributed by atoms with E-state index in [-0.39, 0.29) is 23.4 Å². The van der Waals surface area contributed by atoms with Gasteiger partial charge in [0.25, 0.3) is 5.56 Å². The average molecular weight is 420 g/mol. The molecule has 0 aliphatic heterocycles. The molecule has 0 spiro atoms. The molecule has 1 aromatic heterocycles. The SMILES string of the molecule is Cc1cccc(-n2c([C@H](C)N(CC(C)C)C(=O)CC(C)C)nc3ccccc3c2=O)c1. The topological polar surface area (TPSA) is 55.2 Å². The van der Waals surface area contributed by atoms with Gasteiger partial charge in [-0.2, -0.15) is 0 Å². The van der Waals surface area contributed by atoms with E-state index in [1.165, 1.54) is 0 Å². The Morgan fingerprint density at radius 1 is 1.00 bits per heavy atom. The summed E-state index contributed by atoms with van der Waals surface area (Å²) in [5.74, 6) is 1.25. The summed E-state index contributed by atoms with van der Waals surface area (Å²) in [7, 11) is 0. The van der Waals surface area contributed by atoms with E-state index >= 15 is 0 Å². The zero-order valence-corrected chi connectivity index (χ0v) is 19.4. The monoisotopic (exact) mass is 419 g/mol. The Balaban J connectivity index is 2.24. The Labute approximate surface area is 184 Å². The van der Waals surface area contributed by atoms with Gasteiger partial charge in [0, 0.05) is 13.0 Å². The molecule has 3 aromatic rings. The number of amides is 1. The summed E-state index contributed by atoms with van der Waals surface area (Å²) < 4.78 is 1.68. The Morgan fingerprint density at radius 3 is 2.35 bits per heavy atom. The third-order valence-electron chi connectivity index (χ3n) is 5.37. The van der Waals surface area contributed by atoms with Crippen LogP contribution in [0, 0.1) is 18.8 Å². The van der Waals surface area contributed by atoms with Gasteiger partial charge >= 0.3 is 0 Å². The zero-order valence-electron chi connectivity index (χ0n) is 19.4. The Bertz CT molecular complexity index is 1130. The van der Waals surface area contributed by atoms with Crippen LogP contribution >= 0.6 is 0 Å². The number of rotatable bonds is 7. The Hall–Kier alpha value is -2.95. The van der Waals surface area contributed by atoms with Crippen LogP contribution in [0.1, 0.15) is 58.5 Å². The quantitative estimate of drug-likeness (QED) is 0.523. The van der Waals surface area contributed by atoms with Crippen LogP contribution in [0.5, 0.6) is 0 Å². The van der Waals surface area contributed by atoms with E-state index in [4.69, 9.17) is 4.98 Å². The number of carbonyl (C=O) groups is 1. The molecule has 0 radical (unpaired) electrons. The number of aryl methyl sites for hydroxylation is 1. The highest BCUT2D eigenvalue weighted by atomic mass is 16.2. The maximum Gasteiger partial charge on any atom is 0.266 e. The summed E-state index contributed by atoms with van der Waals surface area (Å²) in [4.78, 5) is 33.5. The first kappa shape index (κ1) is 22.7. The number of hydrogen-bond acceptors (Lipinski definition) is 3. The first-order valence-corrected chi connectivity index (χ1v) is 11.1. The molecule has 5 heteroatoms. The smallest absolute Gasteiger partial charge is 0.266 e. The molecule has 1 heterocycles. The van der Waals surface area contributed by atoms with Crippen molar-refractivity contribution in [1.82, 2.24) is 14.5 Å². The molecule has 0 aliphatic carbocycles. The van der Waals surface area contributed by atoms with Crippen molar-refractivity contribution in [3.8, 4) is 5.69 Å². The van der Waals surface area contributed by atoms with E-state index in [1.54, 1.807) is 10.6 Å². The molecule has 1 amide bonds. The van der Waals surface area contributed by atoms with Crippen molar-refractivity contribution < 1.29 is 4.79 Å². The van der Waals surface area contributed by atoms with Gasteiger partial charge < -0.3 is 4.90 Å². The summed E-state index contributed by atoms with van der Waals surface area (Å²) in [6, 6.07) is 14.9. The average Bonchev–Trinajstić information content (AvgIpc) is 2.70. The van der Waals surface area contributed by atoms with Crippen LogP contribution in [-0.2, 0) is 4.79 Å². The fourth-order valence-electron chi connectivity index (χ4n) is 3.92.